The molecule has 0 bridgehead atoms. The zero-order chi connectivity index (χ0) is 16.3. The van der Waals surface area contributed by atoms with Gasteiger partial charge in [0.25, 0.3) is 0 Å². The van der Waals surface area contributed by atoms with Crippen molar-refractivity contribution in [1.29, 1.82) is 0 Å². The highest BCUT2D eigenvalue weighted by Gasteiger charge is 2.63. The van der Waals surface area contributed by atoms with Crippen LogP contribution in [-0.2, 0) is 25.5 Å². The number of ether oxygens (including phenoxy) is 2. The van der Waals surface area contributed by atoms with Gasteiger partial charge >= 0.3 is 5.97 Å². The summed E-state index contributed by atoms with van der Waals surface area (Å²) in [6.45, 7) is 2.24. The first kappa shape index (κ1) is 15.7. The highest BCUT2D eigenvalue weighted by atomic mass is 16.6. The van der Waals surface area contributed by atoms with Crippen LogP contribution < -0.4 is 0 Å². The van der Waals surface area contributed by atoms with Crippen LogP contribution >= 0.6 is 0 Å². The Morgan fingerprint density at radius 3 is 2.22 bits per heavy atom. The Hall–Kier alpha value is -2.17. The summed E-state index contributed by atoms with van der Waals surface area (Å²) in [6.07, 6.45) is 0.324. The van der Waals surface area contributed by atoms with Crippen molar-refractivity contribution in [2.45, 2.75) is 24.5 Å². The monoisotopic (exact) mass is 312 g/mol. The van der Waals surface area contributed by atoms with Crippen molar-refractivity contribution in [2.75, 3.05) is 13.2 Å². The van der Waals surface area contributed by atoms with Crippen molar-refractivity contribution >= 4 is 5.97 Å². The van der Waals surface area contributed by atoms with E-state index in [1.165, 1.54) is 0 Å². The fourth-order valence-electron chi connectivity index (χ4n) is 3.28. The Morgan fingerprint density at radius 2 is 1.65 bits per heavy atom. The van der Waals surface area contributed by atoms with Gasteiger partial charge in [-0.25, -0.2) is 4.79 Å². The summed E-state index contributed by atoms with van der Waals surface area (Å²) >= 11 is 0. The van der Waals surface area contributed by atoms with Crippen LogP contribution in [0.3, 0.4) is 0 Å². The lowest BCUT2D eigenvalue weighted by molar-refractivity contribution is -0.193. The van der Waals surface area contributed by atoms with Gasteiger partial charge in [0, 0.05) is 6.42 Å². The molecule has 0 unspecified atom stereocenters. The molecule has 1 N–H and O–H groups in total. The van der Waals surface area contributed by atoms with Crippen molar-refractivity contribution < 1.29 is 19.4 Å². The minimum atomic E-state index is -1.55. The quantitative estimate of drug-likeness (QED) is 0.882. The molecule has 0 aliphatic carbocycles. The number of carbonyl (C=O) groups is 1. The zero-order valence-electron chi connectivity index (χ0n) is 13.1. The van der Waals surface area contributed by atoms with Crippen LogP contribution in [0, 0.1) is 0 Å². The van der Waals surface area contributed by atoms with Gasteiger partial charge in [0.1, 0.15) is 5.60 Å². The highest BCUT2D eigenvalue weighted by Crippen LogP contribution is 2.51. The van der Waals surface area contributed by atoms with Gasteiger partial charge in [-0.3, -0.25) is 0 Å². The van der Waals surface area contributed by atoms with E-state index < -0.39 is 17.2 Å². The third kappa shape index (κ3) is 2.35. The van der Waals surface area contributed by atoms with Crippen molar-refractivity contribution in [3.63, 3.8) is 0 Å². The van der Waals surface area contributed by atoms with E-state index in [1.54, 1.807) is 19.1 Å². The molecule has 2 aromatic carbocycles. The highest BCUT2D eigenvalue weighted by molar-refractivity contribution is 5.84. The van der Waals surface area contributed by atoms with E-state index in [0.717, 1.165) is 0 Å². The van der Waals surface area contributed by atoms with Gasteiger partial charge < -0.3 is 14.6 Å². The van der Waals surface area contributed by atoms with Crippen LogP contribution in [0.1, 0.15) is 24.5 Å². The van der Waals surface area contributed by atoms with E-state index in [9.17, 15) is 9.90 Å². The summed E-state index contributed by atoms with van der Waals surface area (Å²) < 4.78 is 11.2. The van der Waals surface area contributed by atoms with E-state index in [1.807, 2.05) is 48.5 Å². The molecule has 0 amide bonds. The predicted octanol–water partition coefficient (Wildman–Crippen LogP) is 2.75. The second-order valence-corrected chi connectivity index (χ2v) is 5.59. The summed E-state index contributed by atoms with van der Waals surface area (Å²) in [6, 6.07) is 18.3. The minimum Gasteiger partial charge on any atom is -0.463 e. The van der Waals surface area contributed by atoms with E-state index >= 15 is 0 Å². The Morgan fingerprint density at radius 1 is 1.09 bits per heavy atom. The molecule has 4 heteroatoms. The van der Waals surface area contributed by atoms with E-state index in [0.29, 0.717) is 17.5 Å². The molecule has 3 rings (SSSR count). The van der Waals surface area contributed by atoms with Gasteiger partial charge in [0.15, 0.2) is 0 Å². The minimum absolute atomic E-state index is 0.224. The molecule has 0 radical (unpaired) electrons. The molecule has 0 spiro atoms. The third-order valence-corrected chi connectivity index (χ3v) is 4.36. The van der Waals surface area contributed by atoms with Crippen LogP contribution in [-0.4, -0.2) is 24.3 Å². The summed E-state index contributed by atoms with van der Waals surface area (Å²) in [5.74, 6) is -0.560. The molecule has 0 saturated carbocycles. The van der Waals surface area contributed by atoms with Crippen molar-refractivity contribution in [3.05, 3.63) is 71.8 Å². The van der Waals surface area contributed by atoms with E-state index in [-0.39, 0.29) is 13.2 Å². The molecule has 4 nitrogen and oxygen atoms in total. The average Bonchev–Trinajstić information content (AvgIpc) is 2.96. The van der Waals surface area contributed by atoms with Crippen molar-refractivity contribution in [2.24, 2.45) is 0 Å². The predicted molar refractivity (Wildman–Crippen MR) is 85.7 cm³/mol. The fourth-order valence-corrected chi connectivity index (χ4v) is 3.28. The molecule has 0 aromatic heterocycles. The molecular weight excluding hydrogens is 292 g/mol. The normalized spacial score (nSPS) is 26.9. The molecular formula is C19H20O4. The van der Waals surface area contributed by atoms with Crippen LogP contribution in [0.15, 0.2) is 60.7 Å². The number of benzene rings is 2. The second kappa shape index (κ2) is 6.14. The molecule has 1 aliphatic heterocycles. The molecule has 1 fully saturated rings. The van der Waals surface area contributed by atoms with Gasteiger partial charge in [-0.1, -0.05) is 60.7 Å². The molecule has 120 valence electrons. The summed E-state index contributed by atoms with van der Waals surface area (Å²) in [5.41, 5.74) is -1.77. The maximum atomic E-state index is 12.8. The number of hydrogen-bond acceptors (Lipinski definition) is 4. The zero-order valence-corrected chi connectivity index (χ0v) is 13.1. The van der Waals surface area contributed by atoms with Gasteiger partial charge in [0.2, 0.25) is 5.60 Å². The van der Waals surface area contributed by atoms with Crippen molar-refractivity contribution in [3.8, 4) is 0 Å². The van der Waals surface area contributed by atoms with E-state index in [4.69, 9.17) is 9.47 Å². The summed E-state index contributed by atoms with van der Waals surface area (Å²) in [7, 11) is 0. The topological polar surface area (TPSA) is 55.8 Å². The van der Waals surface area contributed by atoms with Crippen LogP contribution in [0.2, 0.25) is 0 Å². The number of rotatable bonds is 4. The summed E-state index contributed by atoms with van der Waals surface area (Å²) in [5, 5.41) is 11.5. The Labute approximate surface area is 135 Å². The Balaban J connectivity index is 2.20. The molecule has 2 atom stereocenters. The fraction of sp³-hybridized carbons (Fsp3) is 0.316. The molecule has 1 aliphatic rings. The van der Waals surface area contributed by atoms with Gasteiger partial charge in [-0.2, -0.15) is 0 Å². The van der Waals surface area contributed by atoms with Crippen LogP contribution in [0.5, 0.6) is 0 Å². The Bertz CT molecular complexity index is 670. The third-order valence-electron chi connectivity index (χ3n) is 4.36. The SMILES string of the molecule is CCOC(=O)[C@@]1(c2ccccc2)OCC[C@]1(O)c1ccccc1. The standard InChI is InChI=1S/C19H20O4/c1-2-22-17(20)19(16-11-7-4-8-12-16)18(21,13-14-23-19)15-9-5-3-6-10-15/h3-12,21H,2,13-14H2,1H3/t18-,19+/m0/s1. The lowest BCUT2D eigenvalue weighted by Gasteiger charge is -2.39. The number of aliphatic hydroxyl groups is 1. The molecule has 2 aromatic rings. The first-order valence-electron chi connectivity index (χ1n) is 7.80. The van der Waals surface area contributed by atoms with Crippen molar-refractivity contribution in [1.82, 2.24) is 0 Å². The largest absolute Gasteiger partial charge is 0.463 e. The van der Waals surface area contributed by atoms with Crippen LogP contribution in [0.4, 0.5) is 0 Å². The Kier molecular flexibility index (Phi) is 4.20. The maximum Gasteiger partial charge on any atom is 0.346 e. The van der Waals surface area contributed by atoms with Gasteiger partial charge in [-0.05, 0) is 18.1 Å². The summed E-state index contributed by atoms with van der Waals surface area (Å²) in [4.78, 5) is 12.8. The molecule has 1 saturated heterocycles. The second-order valence-electron chi connectivity index (χ2n) is 5.59. The lowest BCUT2D eigenvalue weighted by atomic mass is 9.73. The lowest BCUT2D eigenvalue weighted by Crippen LogP contribution is -2.52. The number of carbonyl (C=O) groups excluding carboxylic acids is 1. The smallest absolute Gasteiger partial charge is 0.346 e. The van der Waals surface area contributed by atoms with Crippen LogP contribution in [0.25, 0.3) is 0 Å². The average molecular weight is 312 g/mol. The molecule has 23 heavy (non-hydrogen) atoms. The number of hydrogen-bond donors (Lipinski definition) is 1. The maximum absolute atomic E-state index is 12.8. The van der Waals surface area contributed by atoms with E-state index in [2.05, 4.69) is 0 Å². The first-order valence-corrected chi connectivity index (χ1v) is 7.80. The first-order chi connectivity index (χ1) is 11.1. The van der Waals surface area contributed by atoms with Gasteiger partial charge in [0.05, 0.1) is 13.2 Å². The molecule has 1 heterocycles. The van der Waals surface area contributed by atoms with Gasteiger partial charge in [-0.15, -0.1) is 0 Å². The number of esters is 1.